The van der Waals surface area contributed by atoms with Crippen LogP contribution >= 0.6 is 0 Å². The van der Waals surface area contributed by atoms with Crippen molar-refractivity contribution in [3.8, 4) is 5.75 Å². The van der Waals surface area contributed by atoms with E-state index in [1.807, 2.05) is 0 Å². The molecule has 1 heterocycles. The minimum Gasteiger partial charge on any atom is -0.494 e. The molecule has 1 aromatic rings. The molecule has 1 aliphatic heterocycles. The van der Waals surface area contributed by atoms with E-state index in [4.69, 9.17) is 4.74 Å². The van der Waals surface area contributed by atoms with Gasteiger partial charge in [-0.15, -0.1) is 0 Å². The molecule has 1 unspecified atom stereocenters. The topological polar surface area (TPSA) is 12.5 Å². The van der Waals surface area contributed by atoms with E-state index in [1.165, 1.54) is 31.5 Å². The Kier molecular flexibility index (Phi) is 5.26. The highest BCUT2D eigenvalue weighted by atomic mass is 16.5. The van der Waals surface area contributed by atoms with Crippen molar-refractivity contribution in [3.05, 3.63) is 29.8 Å². The average molecular weight is 261 g/mol. The third-order valence-corrected chi connectivity index (χ3v) is 4.07. The van der Waals surface area contributed by atoms with E-state index in [0.717, 1.165) is 24.8 Å². The van der Waals surface area contributed by atoms with Gasteiger partial charge >= 0.3 is 0 Å². The summed E-state index contributed by atoms with van der Waals surface area (Å²) in [6.07, 6.45) is 3.84. The van der Waals surface area contributed by atoms with Crippen LogP contribution in [0.5, 0.6) is 5.75 Å². The van der Waals surface area contributed by atoms with Crippen LogP contribution in [0.15, 0.2) is 24.3 Å². The van der Waals surface area contributed by atoms with Gasteiger partial charge in [0.25, 0.3) is 0 Å². The summed E-state index contributed by atoms with van der Waals surface area (Å²) < 4.78 is 5.87. The van der Waals surface area contributed by atoms with Gasteiger partial charge in [0.1, 0.15) is 5.75 Å². The first kappa shape index (κ1) is 14.4. The molecular formula is C17H27NO. The Balaban J connectivity index is 1.72. The van der Waals surface area contributed by atoms with Crippen molar-refractivity contribution in [1.29, 1.82) is 0 Å². The fraction of sp³-hybridized carbons (Fsp3) is 0.647. The minimum absolute atomic E-state index is 0.564. The minimum atomic E-state index is 0.564. The third-order valence-electron chi connectivity index (χ3n) is 4.07. The summed E-state index contributed by atoms with van der Waals surface area (Å²) in [5, 5.41) is 0. The van der Waals surface area contributed by atoms with Crippen LogP contribution in [0.4, 0.5) is 0 Å². The summed E-state index contributed by atoms with van der Waals surface area (Å²) in [4.78, 5) is 2.58. The van der Waals surface area contributed by atoms with Crippen LogP contribution in [0.25, 0.3) is 0 Å². The fourth-order valence-corrected chi connectivity index (χ4v) is 2.75. The van der Waals surface area contributed by atoms with Crippen molar-refractivity contribution in [3.63, 3.8) is 0 Å². The zero-order valence-corrected chi connectivity index (χ0v) is 12.6. The highest BCUT2D eigenvalue weighted by Crippen LogP contribution is 2.20. The van der Waals surface area contributed by atoms with Gasteiger partial charge in [0, 0.05) is 12.6 Å². The number of benzene rings is 1. The lowest BCUT2D eigenvalue weighted by Crippen LogP contribution is -2.28. The molecule has 0 radical (unpaired) electrons. The maximum Gasteiger partial charge on any atom is 0.119 e. The maximum atomic E-state index is 5.87. The molecular weight excluding hydrogens is 234 g/mol. The van der Waals surface area contributed by atoms with Gasteiger partial charge in [-0.2, -0.15) is 0 Å². The molecule has 2 rings (SSSR count). The van der Waals surface area contributed by atoms with E-state index in [2.05, 4.69) is 49.9 Å². The number of likely N-dealkylation sites (tertiary alicyclic amines) is 1. The molecule has 0 bridgehead atoms. The summed E-state index contributed by atoms with van der Waals surface area (Å²) in [6, 6.07) is 9.26. The lowest BCUT2D eigenvalue weighted by molar-refractivity contribution is 0.230. The highest BCUT2D eigenvalue weighted by Gasteiger charge is 2.18. The second kappa shape index (κ2) is 6.95. The van der Waals surface area contributed by atoms with E-state index in [9.17, 15) is 0 Å². The van der Waals surface area contributed by atoms with Crippen LogP contribution in [0.1, 0.15) is 51.5 Å². The summed E-state index contributed by atoms with van der Waals surface area (Å²) in [6.45, 7) is 10.0. The Labute approximate surface area is 117 Å². The molecule has 0 N–H and O–H groups in total. The van der Waals surface area contributed by atoms with Gasteiger partial charge < -0.3 is 9.64 Å². The molecule has 2 heteroatoms. The number of rotatable bonds is 6. The molecule has 0 spiro atoms. The second-order valence-electron chi connectivity index (χ2n) is 5.96. The Hall–Kier alpha value is -1.02. The average Bonchev–Trinajstić information content (AvgIpc) is 2.81. The highest BCUT2D eigenvalue weighted by molar-refractivity contribution is 5.30. The molecule has 106 valence electrons. The summed E-state index contributed by atoms with van der Waals surface area (Å²) in [7, 11) is 0. The summed E-state index contributed by atoms with van der Waals surface area (Å²) >= 11 is 0. The summed E-state index contributed by atoms with van der Waals surface area (Å²) in [5.41, 5.74) is 1.35. The summed E-state index contributed by atoms with van der Waals surface area (Å²) in [5.74, 6) is 1.58. The van der Waals surface area contributed by atoms with Crippen molar-refractivity contribution in [2.45, 2.75) is 52.0 Å². The van der Waals surface area contributed by atoms with Gasteiger partial charge in [-0.05, 0) is 56.3 Å². The maximum absolute atomic E-state index is 5.87. The molecule has 0 aromatic heterocycles. The largest absolute Gasteiger partial charge is 0.494 e. The van der Waals surface area contributed by atoms with Crippen LogP contribution in [0.3, 0.4) is 0 Å². The molecule has 1 saturated heterocycles. The SMILES string of the molecule is CC(C)c1cccc(OCCCN2CCCC2C)c1. The predicted octanol–water partition coefficient (Wildman–Crippen LogP) is 4.06. The van der Waals surface area contributed by atoms with Crippen molar-refractivity contribution in [2.24, 2.45) is 0 Å². The van der Waals surface area contributed by atoms with E-state index in [1.54, 1.807) is 0 Å². The van der Waals surface area contributed by atoms with Crippen molar-refractivity contribution in [1.82, 2.24) is 4.90 Å². The zero-order chi connectivity index (χ0) is 13.7. The standard InChI is InChI=1S/C17H27NO/c1-14(2)16-8-4-9-17(13-16)19-12-6-11-18-10-5-7-15(18)3/h4,8-9,13-15H,5-7,10-12H2,1-3H3. The van der Waals surface area contributed by atoms with Crippen LogP contribution < -0.4 is 4.74 Å². The lowest BCUT2D eigenvalue weighted by Gasteiger charge is -2.20. The van der Waals surface area contributed by atoms with Crippen LogP contribution in [0.2, 0.25) is 0 Å². The first-order valence-corrected chi connectivity index (χ1v) is 7.63. The quantitative estimate of drug-likeness (QED) is 0.716. The Bertz CT molecular complexity index is 389. The molecule has 2 nitrogen and oxygen atoms in total. The normalized spacial score (nSPS) is 20.1. The molecule has 0 saturated carbocycles. The molecule has 1 aromatic carbocycles. The molecule has 0 amide bonds. The van der Waals surface area contributed by atoms with Gasteiger partial charge in [-0.3, -0.25) is 0 Å². The Morgan fingerprint density at radius 2 is 2.21 bits per heavy atom. The van der Waals surface area contributed by atoms with Crippen LogP contribution in [-0.2, 0) is 0 Å². The van der Waals surface area contributed by atoms with E-state index in [0.29, 0.717) is 5.92 Å². The number of nitrogens with zero attached hydrogens (tertiary/aromatic N) is 1. The molecule has 19 heavy (non-hydrogen) atoms. The van der Waals surface area contributed by atoms with Gasteiger partial charge in [0.05, 0.1) is 6.61 Å². The second-order valence-corrected chi connectivity index (χ2v) is 5.96. The number of ether oxygens (including phenoxy) is 1. The lowest BCUT2D eigenvalue weighted by atomic mass is 10.0. The molecule has 0 aliphatic carbocycles. The first-order chi connectivity index (χ1) is 9.16. The van der Waals surface area contributed by atoms with E-state index < -0.39 is 0 Å². The fourth-order valence-electron chi connectivity index (χ4n) is 2.75. The van der Waals surface area contributed by atoms with Crippen LogP contribution in [-0.4, -0.2) is 30.6 Å². The molecule has 1 atom stereocenters. The van der Waals surface area contributed by atoms with Crippen molar-refractivity contribution >= 4 is 0 Å². The number of hydrogen-bond acceptors (Lipinski definition) is 2. The van der Waals surface area contributed by atoms with E-state index >= 15 is 0 Å². The predicted molar refractivity (Wildman–Crippen MR) is 80.9 cm³/mol. The number of hydrogen-bond donors (Lipinski definition) is 0. The molecule has 1 fully saturated rings. The van der Waals surface area contributed by atoms with Gasteiger partial charge in [0.15, 0.2) is 0 Å². The first-order valence-electron chi connectivity index (χ1n) is 7.63. The Morgan fingerprint density at radius 3 is 2.89 bits per heavy atom. The third kappa shape index (κ3) is 4.24. The van der Waals surface area contributed by atoms with Gasteiger partial charge in [0.2, 0.25) is 0 Å². The van der Waals surface area contributed by atoms with Crippen LogP contribution in [0, 0.1) is 0 Å². The van der Waals surface area contributed by atoms with Gasteiger partial charge in [-0.25, -0.2) is 0 Å². The zero-order valence-electron chi connectivity index (χ0n) is 12.6. The van der Waals surface area contributed by atoms with E-state index in [-0.39, 0.29) is 0 Å². The molecule has 1 aliphatic rings. The monoisotopic (exact) mass is 261 g/mol. The Morgan fingerprint density at radius 1 is 1.37 bits per heavy atom. The van der Waals surface area contributed by atoms with Gasteiger partial charge in [-0.1, -0.05) is 26.0 Å². The smallest absolute Gasteiger partial charge is 0.119 e. The van der Waals surface area contributed by atoms with Crippen molar-refractivity contribution in [2.75, 3.05) is 19.7 Å². The van der Waals surface area contributed by atoms with Crippen molar-refractivity contribution < 1.29 is 4.74 Å².